The molecule has 1 aliphatic heterocycles. The average molecular weight is 552 g/mol. The molecule has 2 heterocycles. The number of nitrogens with zero attached hydrogens (tertiary/aromatic N) is 3. The van der Waals surface area contributed by atoms with Crippen LogP contribution in [-0.4, -0.2) is 86.1 Å². The lowest BCUT2D eigenvalue weighted by molar-refractivity contribution is 0.0506. The van der Waals surface area contributed by atoms with Crippen molar-refractivity contribution in [3.8, 4) is 5.75 Å². The third-order valence-electron chi connectivity index (χ3n) is 7.30. The molecule has 0 saturated carbocycles. The maximum Gasteiger partial charge on any atom is 0.419 e. The molecule has 1 unspecified atom stereocenters. The van der Waals surface area contributed by atoms with Crippen LogP contribution in [0.4, 0.5) is 4.79 Å². The number of aryl methyl sites for hydroxylation is 1. The van der Waals surface area contributed by atoms with E-state index in [2.05, 4.69) is 9.80 Å². The molecule has 9 heteroatoms. The van der Waals surface area contributed by atoms with Gasteiger partial charge in [0.1, 0.15) is 11.4 Å². The number of esters is 1. The van der Waals surface area contributed by atoms with Gasteiger partial charge in [-0.3, -0.25) is 14.4 Å². The molecule has 1 aliphatic rings. The summed E-state index contributed by atoms with van der Waals surface area (Å²) in [6.45, 7) is 12.3. The highest BCUT2D eigenvalue weighted by Crippen LogP contribution is 2.36. The molecule has 9 nitrogen and oxygen atoms in total. The van der Waals surface area contributed by atoms with E-state index in [1.54, 1.807) is 25.0 Å². The van der Waals surface area contributed by atoms with E-state index in [1.165, 1.54) is 7.11 Å². The summed E-state index contributed by atoms with van der Waals surface area (Å²) in [5, 5.41) is 0.962. The van der Waals surface area contributed by atoms with E-state index in [-0.39, 0.29) is 12.0 Å². The molecule has 0 radical (unpaired) electrons. The lowest BCUT2D eigenvalue weighted by atomic mass is 9.98. The summed E-state index contributed by atoms with van der Waals surface area (Å²) >= 11 is 0. The lowest BCUT2D eigenvalue weighted by Crippen LogP contribution is -2.48. The number of piperazine rings is 1. The van der Waals surface area contributed by atoms with Gasteiger partial charge >= 0.3 is 12.1 Å². The van der Waals surface area contributed by atoms with E-state index in [9.17, 15) is 9.59 Å². The summed E-state index contributed by atoms with van der Waals surface area (Å²) in [7, 11) is 4.79. The second kappa shape index (κ2) is 12.4. The van der Waals surface area contributed by atoms with Crippen molar-refractivity contribution >= 4 is 23.0 Å². The topological polar surface area (TPSA) is 82.5 Å². The van der Waals surface area contributed by atoms with E-state index < -0.39 is 11.7 Å². The van der Waals surface area contributed by atoms with Crippen LogP contribution in [0.2, 0.25) is 0 Å². The Labute approximate surface area is 236 Å². The molecule has 0 aliphatic carbocycles. The Morgan fingerprint density at radius 2 is 1.75 bits per heavy atom. The van der Waals surface area contributed by atoms with Gasteiger partial charge < -0.3 is 18.9 Å². The number of hydrogen-bond donors (Lipinski definition) is 0. The number of benzene rings is 2. The fraction of sp³-hybridized carbons (Fsp3) is 0.484. The van der Waals surface area contributed by atoms with Gasteiger partial charge in [0.25, 0.3) is 0 Å². The van der Waals surface area contributed by atoms with Crippen molar-refractivity contribution in [3.63, 3.8) is 0 Å². The van der Waals surface area contributed by atoms with E-state index in [0.717, 1.165) is 59.5 Å². The summed E-state index contributed by atoms with van der Waals surface area (Å²) in [6.07, 6.45) is 1.37. The molecular formula is C31H41N3O6. The Morgan fingerprint density at radius 3 is 2.38 bits per heavy atom. The van der Waals surface area contributed by atoms with Crippen LogP contribution in [0.15, 0.2) is 42.6 Å². The molecule has 0 N–H and O–H groups in total. The van der Waals surface area contributed by atoms with Crippen LogP contribution in [0.25, 0.3) is 10.9 Å². The first-order chi connectivity index (χ1) is 19.1. The van der Waals surface area contributed by atoms with Crippen molar-refractivity contribution in [1.29, 1.82) is 0 Å². The van der Waals surface area contributed by atoms with Gasteiger partial charge in [0.2, 0.25) is 0 Å². The Kier molecular flexibility index (Phi) is 9.18. The molecular weight excluding hydrogens is 510 g/mol. The van der Waals surface area contributed by atoms with Gasteiger partial charge in [-0.2, -0.15) is 0 Å². The van der Waals surface area contributed by atoms with Gasteiger partial charge in [-0.05, 0) is 63.1 Å². The Morgan fingerprint density at radius 1 is 1.02 bits per heavy atom. The predicted octanol–water partition coefficient (Wildman–Crippen LogP) is 5.03. The largest absolute Gasteiger partial charge is 0.496 e. The number of aromatic nitrogens is 1. The highest BCUT2D eigenvalue weighted by atomic mass is 16.6. The number of rotatable bonds is 8. The molecule has 0 spiro atoms. The smallest absolute Gasteiger partial charge is 0.419 e. The van der Waals surface area contributed by atoms with Crippen LogP contribution in [0.3, 0.4) is 0 Å². The maximum absolute atomic E-state index is 13.1. The van der Waals surface area contributed by atoms with Crippen molar-refractivity contribution in [2.75, 3.05) is 54.1 Å². The van der Waals surface area contributed by atoms with Crippen molar-refractivity contribution < 1.29 is 28.5 Å². The summed E-state index contributed by atoms with van der Waals surface area (Å²) < 4.78 is 23.4. The molecule has 4 rings (SSSR count). The number of fused-ring (bicyclic) bond motifs is 1. The number of ether oxygens (including phenoxy) is 4. The fourth-order valence-electron chi connectivity index (χ4n) is 5.34. The zero-order valence-corrected chi connectivity index (χ0v) is 24.7. The standard InChI is InChI=1S/C31H41N3O6/c1-21-18-27(38-6)25(24-12-13-34(28(21)24)30(36)40-31(2,3)4)19-33-15-14-32(16-17-37-5)20-26(33)22-8-10-23(11-9-22)29(35)39-7/h8-13,18,26H,14-17,19-20H2,1-7H3. The second-order valence-corrected chi connectivity index (χ2v) is 11.2. The first-order valence-electron chi connectivity index (χ1n) is 13.6. The molecule has 0 amide bonds. The van der Waals surface area contributed by atoms with Crippen LogP contribution in [0.1, 0.15) is 53.9 Å². The predicted molar refractivity (Wildman–Crippen MR) is 154 cm³/mol. The number of hydrogen-bond acceptors (Lipinski definition) is 8. The SMILES string of the molecule is COCCN1CCN(Cc2c(OC)cc(C)c3c2ccn3C(=O)OC(C)(C)C)C(c2ccc(C(=O)OC)cc2)C1. The molecule has 1 saturated heterocycles. The molecule has 40 heavy (non-hydrogen) atoms. The Hall–Kier alpha value is -3.40. The summed E-state index contributed by atoms with van der Waals surface area (Å²) in [5.74, 6) is 0.434. The van der Waals surface area contributed by atoms with Gasteiger partial charge in [0.05, 0.1) is 31.9 Å². The number of methoxy groups -OCH3 is 3. The summed E-state index contributed by atoms with van der Waals surface area (Å²) in [5.41, 5.74) is 3.81. The van der Waals surface area contributed by atoms with Crippen molar-refractivity contribution in [2.24, 2.45) is 0 Å². The quantitative estimate of drug-likeness (QED) is 0.361. The fourth-order valence-corrected chi connectivity index (χ4v) is 5.34. The minimum Gasteiger partial charge on any atom is -0.496 e. The minimum atomic E-state index is -0.601. The number of carbonyl (C=O) groups excluding carboxylic acids is 2. The molecule has 3 aromatic rings. The molecule has 2 aromatic carbocycles. The highest BCUT2D eigenvalue weighted by molar-refractivity contribution is 5.95. The molecule has 216 valence electrons. The normalized spacial score (nSPS) is 16.7. The van der Waals surface area contributed by atoms with E-state index in [0.29, 0.717) is 18.7 Å². The summed E-state index contributed by atoms with van der Waals surface area (Å²) in [6, 6.07) is 11.7. The highest BCUT2D eigenvalue weighted by Gasteiger charge is 2.30. The van der Waals surface area contributed by atoms with Crippen molar-refractivity contribution in [3.05, 3.63) is 64.8 Å². The average Bonchev–Trinajstić information content (AvgIpc) is 3.39. The van der Waals surface area contributed by atoms with Crippen molar-refractivity contribution in [2.45, 2.75) is 45.9 Å². The van der Waals surface area contributed by atoms with Crippen LogP contribution in [-0.2, 0) is 20.8 Å². The van der Waals surface area contributed by atoms with Crippen LogP contribution in [0.5, 0.6) is 5.75 Å². The Bertz CT molecular complexity index is 1340. The molecule has 0 bridgehead atoms. The lowest BCUT2D eigenvalue weighted by Gasteiger charge is -2.42. The monoisotopic (exact) mass is 551 g/mol. The van der Waals surface area contributed by atoms with Crippen molar-refractivity contribution in [1.82, 2.24) is 14.4 Å². The zero-order chi connectivity index (χ0) is 29.0. The molecule has 1 atom stereocenters. The first-order valence-corrected chi connectivity index (χ1v) is 13.6. The van der Waals surface area contributed by atoms with Gasteiger partial charge in [0.15, 0.2) is 0 Å². The maximum atomic E-state index is 13.1. The molecule has 1 aromatic heterocycles. The van der Waals surface area contributed by atoms with Gasteiger partial charge in [-0.15, -0.1) is 0 Å². The van der Waals surface area contributed by atoms with Gasteiger partial charge in [-0.1, -0.05) is 12.1 Å². The third-order valence-corrected chi connectivity index (χ3v) is 7.30. The van der Waals surface area contributed by atoms with Crippen LogP contribution in [0, 0.1) is 6.92 Å². The third kappa shape index (κ3) is 6.49. The zero-order valence-electron chi connectivity index (χ0n) is 24.7. The minimum absolute atomic E-state index is 0.0753. The van der Waals surface area contributed by atoms with Gasteiger partial charge in [0, 0.05) is 63.0 Å². The van der Waals surface area contributed by atoms with Crippen LogP contribution < -0.4 is 4.74 Å². The van der Waals surface area contributed by atoms with Gasteiger partial charge in [-0.25, -0.2) is 9.59 Å². The first kappa shape index (κ1) is 29.6. The Balaban J connectivity index is 1.71. The number of carbonyl (C=O) groups is 2. The van der Waals surface area contributed by atoms with E-state index >= 15 is 0 Å². The summed E-state index contributed by atoms with van der Waals surface area (Å²) in [4.78, 5) is 29.9. The second-order valence-electron chi connectivity index (χ2n) is 11.2. The van der Waals surface area contributed by atoms with E-state index in [1.807, 2.05) is 64.1 Å². The van der Waals surface area contributed by atoms with E-state index in [4.69, 9.17) is 18.9 Å². The van der Waals surface area contributed by atoms with Crippen LogP contribution >= 0.6 is 0 Å². The molecule has 1 fully saturated rings.